The fourth-order valence-corrected chi connectivity index (χ4v) is 2.84. The van der Waals surface area contributed by atoms with Gasteiger partial charge in [-0.25, -0.2) is 9.78 Å². The molecule has 2 atom stereocenters. The Morgan fingerprint density at radius 1 is 1.25 bits per heavy atom. The second kappa shape index (κ2) is 7.05. The summed E-state index contributed by atoms with van der Waals surface area (Å²) in [6.45, 7) is 7.53. The number of nitrogens with zero attached hydrogens (tertiary/aromatic N) is 2. The summed E-state index contributed by atoms with van der Waals surface area (Å²) in [7, 11) is 0. The molecule has 2 unspecified atom stereocenters. The maximum absolute atomic E-state index is 12.3. The van der Waals surface area contributed by atoms with Gasteiger partial charge in [0.25, 0.3) is 0 Å². The van der Waals surface area contributed by atoms with Gasteiger partial charge in [-0.05, 0) is 32.9 Å². The van der Waals surface area contributed by atoms with E-state index in [-0.39, 0.29) is 18.2 Å². The molecule has 0 radical (unpaired) electrons. The zero-order chi connectivity index (χ0) is 17.1. The van der Waals surface area contributed by atoms with Gasteiger partial charge in [0.15, 0.2) is 0 Å². The molecule has 3 rings (SSSR count). The van der Waals surface area contributed by atoms with Gasteiger partial charge in [-0.15, -0.1) is 0 Å². The first-order valence-corrected chi connectivity index (χ1v) is 8.21. The zero-order valence-electron chi connectivity index (χ0n) is 14.3. The van der Waals surface area contributed by atoms with E-state index in [1.807, 2.05) is 45.0 Å². The summed E-state index contributed by atoms with van der Waals surface area (Å²) in [5.74, 6) is 0.563. The van der Waals surface area contributed by atoms with E-state index in [1.165, 1.54) is 5.56 Å². The zero-order valence-corrected chi connectivity index (χ0v) is 14.3. The number of rotatable bonds is 3. The largest absolute Gasteiger partial charge is 0.444 e. The van der Waals surface area contributed by atoms with Crippen LogP contribution in [-0.4, -0.2) is 41.2 Å². The molecule has 128 valence electrons. The van der Waals surface area contributed by atoms with Crippen molar-refractivity contribution < 1.29 is 13.9 Å². The molecule has 1 N–H and O–H groups in total. The van der Waals surface area contributed by atoms with Crippen molar-refractivity contribution in [3.63, 3.8) is 0 Å². The SMILES string of the molecule is Cc1ccc(-c2nc(CNC(=O)N3CC(C)OC(C)C3)co2)cc1. The Hall–Kier alpha value is -2.34. The highest BCUT2D eigenvalue weighted by Gasteiger charge is 2.25. The van der Waals surface area contributed by atoms with Crippen LogP contribution in [0.5, 0.6) is 0 Å². The highest BCUT2D eigenvalue weighted by molar-refractivity contribution is 5.74. The number of urea groups is 1. The van der Waals surface area contributed by atoms with E-state index in [0.29, 0.717) is 31.2 Å². The first-order valence-electron chi connectivity index (χ1n) is 8.21. The molecule has 1 aliphatic heterocycles. The van der Waals surface area contributed by atoms with Crippen molar-refractivity contribution in [1.82, 2.24) is 15.2 Å². The van der Waals surface area contributed by atoms with E-state index >= 15 is 0 Å². The standard InChI is InChI=1S/C18H23N3O3/c1-12-4-6-15(7-5-12)17-20-16(11-23-17)8-19-18(22)21-9-13(2)24-14(3)10-21/h4-7,11,13-14H,8-10H2,1-3H3,(H,19,22). The van der Waals surface area contributed by atoms with Crippen LogP contribution in [-0.2, 0) is 11.3 Å². The molecule has 6 heteroatoms. The van der Waals surface area contributed by atoms with Gasteiger partial charge in [-0.3, -0.25) is 0 Å². The number of amides is 2. The number of ether oxygens (including phenoxy) is 1. The number of morpholine rings is 1. The van der Waals surface area contributed by atoms with Gasteiger partial charge < -0.3 is 19.4 Å². The van der Waals surface area contributed by atoms with E-state index in [9.17, 15) is 4.79 Å². The van der Waals surface area contributed by atoms with Gasteiger partial charge in [0.2, 0.25) is 5.89 Å². The Morgan fingerprint density at radius 3 is 2.58 bits per heavy atom. The highest BCUT2D eigenvalue weighted by Crippen LogP contribution is 2.19. The van der Waals surface area contributed by atoms with Gasteiger partial charge >= 0.3 is 6.03 Å². The average molecular weight is 329 g/mol. The van der Waals surface area contributed by atoms with Crippen molar-refractivity contribution in [2.75, 3.05) is 13.1 Å². The van der Waals surface area contributed by atoms with Gasteiger partial charge in [-0.2, -0.15) is 0 Å². The van der Waals surface area contributed by atoms with Crippen LogP contribution in [0.2, 0.25) is 0 Å². The van der Waals surface area contributed by atoms with Gasteiger partial charge in [0, 0.05) is 18.7 Å². The predicted molar refractivity (Wildman–Crippen MR) is 90.5 cm³/mol. The second-order valence-corrected chi connectivity index (χ2v) is 6.33. The van der Waals surface area contributed by atoms with E-state index in [2.05, 4.69) is 10.3 Å². The summed E-state index contributed by atoms with van der Waals surface area (Å²) >= 11 is 0. The minimum absolute atomic E-state index is 0.0553. The Balaban J connectivity index is 1.57. The number of benzene rings is 1. The number of aromatic nitrogens is 1. The third kappa shape index (κ3) is 3.94. The smallest absolute Gasteiger partial charge is 0.317 e. The van der Waals surface area contributed by atoms with E-state index in [1.54, 1.807) is 11.2 Å². The number of oxazole rings is 1. The molecule has 24 heavy (non-hydrogen) atoms. The quantitative estimate of drug-likeness (QED) is 0.940. The third-order valence-electron chi connectivity index (χ3n) is 3.98. The van der Waals surface area contributed by atoms with Gasteiger partial charge in [-0.1, -0.05) is 17.7 Å². The van der Waals surface area contributed by atoms with Crippen molar-refractivity contribution in [2.45, 2.75) is 39.5 Å². The van der Waals surface area contributed by atoms with Crippen LogP contribution in [0.4, 0.5) is 4.79 Å². The lowest BCUT2D eigenvalue weighted by Crippen LogP contribution is -2.51. The number of carbonyl (C=O) groups excluding carboxylic acids is 1. The van der Waals surface area contributed by atoms with Crippen molar-refractivity contribution in [2.24, 2.45) is 0 Å². The van der Waals surface area contributed by atoms with Gasteiger partial charge in [0.1, 0.15) is 6.26 Å². The number of aryl methyl sites for hydroxylation is 1. The molecule has 2 amide bonds. The molecule has 1 aromatic carbocycles. The topological polar surface area (TPSA) is 67.6 Å². The minimum atomic E-state index is -0.100. The predicted octanol–water partition coefficient (Wildman–Crippen LogP) is 2.97. The Bertz CT molecular complexity index is 686. The van der Waals surface area contributed by atoms with Crippen LogP contribution < -0.4 is 5.32 Å². The molecule has 6 nitrogen and oxygen atoms in total. The van der Waals surface area contributed by atoms with Crippen molar-refractivity contribution in [1.29, 1.82) is 0 Å². The fourth-order valence-electron chi connectivity index (χ4n) is 2.84. The lowest BCUT2D eigenvalue weighted by Gasteiger charge is -2.35. The lowest BCUT2D eigenvalue weighted by atomic mass is 10.1. The van der Waals surface area contributed by atoms with Crippen LogP contribution in [0.1, 0.15) is 25.1 Å². The summed E-state index contributed by atoms with van der Waals surface area (Å²) < 4.78 is 11.1. The minimum Gasteiger partial charge on any atom is -0.444 e. The van der Waals surface area contributed by atoms with Crippen molar-refractivity contribution >= 4 is 6.03 Å². The molecule has 0 bridgehead atoms. The Morgan fingerprint density at radius 2 is 1.92 bits per heavy atom. The number of hydrogen-bond donors (Lipinski definition) is 1. The first-order chi connectivity index (χ1) is 11.5. The summed E-state index contributed by atoms with van der Waals surface area (Å²) in [6.07, 6.45) is 1.69. The van der Waals surface area contributed by atoms with Crippen molar-refractivity contribution in [3.05, 3.63) is 41.8 Å². The van der Waals surface area contributed by atoms with E-state index in [0.717, 1.165) is 5.56 Å². The number of carbonyl (C=O) groups is 1. The summed E-state index contributed by atoms with van der Waals surface area (Å²) in [4.78, 5) is 18.5. The summed E-state index contributed by atoms with van der Waals surface area (Å²) in [6, 6.07) is 7.88. The molecule has 1 aromatic heterocycles. The molecule has 0 spiro atoms. The molecular formula is C18H23N3O3. The van der Waals surface area contributed by atoms with Crippen LogP contribution >= 0.6 is 0 Å². The normalized spacial score (nSPS) is 20.9. The maximum Gasteiger partial charge on any atom is 0.317 e. The lowest BCUT2D eigenvalue weighted by molar-refractivity contribution is -0.0545. The van der Waals surface area contributed by atoms with Crippen LogP contribution in [0.15, 0.2) is 34.9 Å². The molecular weight excluding hydrogens is 306 g/mol. The first kappa shape index (κ1) is 16.5. The fraction of sp³-hybridized carbons (Fsp3) is 0.444. The second-order valence-electron chi connectivity index (χ2n) is 6.33. The summed E-state index contributed by atoms with van der Waals surface area (Å²) in [5, 5.41) is 2.89. The molecule has 1 fully saturated rings. The van der Waals surface area contributed by atoms with Crippen LogP contribution in [0.3, 0.4) is 0 Å². The van der Waals surface area contributed by atoms with E-state index < -0.39 is 0 Å². The monoisotopic (exact) mass is 329 g/mol. The molecule has 2 aromatic rings. The molecule has 0 aliphatic carbocycles. The number of nitrogens with one attached hydrogen (secondary N) is 1. The van der Waals surface area contributed by atoms with Crippen LogP contribution in [0.25, 0.3) is 11.5 Å². The van der Waals surface area contributed by atoms with Gasteiger partial charge in [0.05, 0.1) is 24.4 Å². The highest BCUT2D eigenvalue weighted by atomic mass is 16.5. The van der Waals surface area contributed by atoms with Crippen LogP contribution in [0, 0.1) is 6.92 Å². The Kier molecular flexibility index (Phi) is 4.85. The number of hydrogen-bond acceptors (Lipinski definition) is 4. The Labute approximate surface area is 141 Å². The van der Waals surface area contributed by atoms with E-state index in [4.69, 9.17) is 9.15 Å². The maximum atomic E-state index is 12.3. The molecule has 1 saturated heterocycles. The van der Waals surface area contributed by atoms with Crippen molar-refractivity contribution in [3.8, 4) is 11.5 Å². The average Bonchev–Trinajstić information content (AvgIpc) is 3.01. The molecule has 2 heterocycles. The molecule has 1 aliphatic rings. The summed E-state index contributed by atoms with van der Waals surface area (Å²) in [5.41, 5.74) is 2.81. The molecule has 0 saturated carbocycles. The third-order valence-corrected chi connectivity index (χ3v) is 3.98.